The zero-order valence-corrected chi connectivity index (χ0v) is 10.9. The number of rotatable bonds is 7. The molecule has 0 aliphatic heterocycles. The minimum atomic E-state index is -0.800. The van der Waals surface area contributed by atoms with Gasteiger partial charge in [0, 0.05) is 24.7 Å². The molecule has 0 bridgehead atoms. The number of ether oxygens (including phenoxy) is 1. The average molecular weight is 253 g/mol. The maximum absolute atomic E-state index is 10.4. The number of nitrogens with one attached hydrogen (secondary N) is 1. The van der Waals surface area contributed by atoms with Crippen molar-refractivity contribution in [2.75, 3.05) is 11.9 Å². The number of aliphatic carboxylic acids is 1. The van der Waals surface area contributed by atoms with Crippen molar-refractivity contribution in [3.05, 3.63) is 11.8 Å². The van der Waals surface area contributed by atoms with Gasteiger partial charge in [-0.2, -0.15) is 4.98 Å². The van der Waals surface area contributed by atoms with Gasteiger partial charge in [-0.25, -0.2) is 4.98 Å². The molecule has 0 aliphatic rings. The fourth-order valence-electron chi connectivity index (χ4n) is 1.36. The molecule has 1 aromatic heterocycles. The summed E-state index contributed by atoms with van der Waals surface area (Å²) in [6, 6.07) is 1.77. The summed E-state index contributed by atoms with van der Waals surface area (Å²) in [5.74, 6) is 0.195. The van der Waals surface area contributed by atoms with E-state index in [-0.39, 0.29) is 12.5 Å². The van der Waals surface area contributed by atoms with Crippen molar-refractivity contribution in [3.8, 4) is 5.88 Å². The molecule has 0 fully saturated rings. The zero-order valence-electron chi connectivity index (χ0n) is 10.9. The van der Waals surface area contributed by atoms with Gasteiger partial charge in [0.05, 0.1) is 6.10 Å². The molecule has 0 atom stereocenters. The van der Waals surface area contributed by atoms with Crippen LogP contribution in [0.5, 0.6) is 5.88 Å². The van der Waals surface area contributed by atoms with Crippen LogP contribution < -0.4 is 10.1 Å². The molecule has 6 heteroatoms. The van der Waals surface area contributed by atoms with Crippen LogP contribution in [0.1, 0.15) is 32.4 Å². The maximum Gasteiger partial charge on any atom is 0.303 e. The van der Waals surface area contributed by atoms with Crippen molar-refractivity contribution in [1.29, 1.82) is 0 Å². The fourth-order valence-corrected chi connectivity index (χ4v) is 1.36. The molecule has 18 heavy (non-hydrogen) atoms. The summed E-state index contributed by atoms with van der Waals surface area (Å²) >= 11 is 0. The van der Waals surface area contributed by atoms with E-state index >= 15 is 0 Å². The number of anilines is 1. The van der Waals surface area contributed by atoms with Crippen molar-refractivity contribution in [1.82, 2.24) is 9.97 Å². The number of carboxylic acids is 1. The SMILES string of the molecule is Cc1cc(OC(C)C)nc(NCCCC(=O)O)n1. The molecule has 0 aromatic carbocycles. The zero-order chi connectivity index (χ0) is 13.5. The Balaban J connectivity index is 2.54. The lowest BCUT2D eigenvalue weighted by Crippen LogP contribution is -2.11. The highest BCUT2D eigenvalue weighted by atomic mass is 16.5. The maximum atomic E-state index is 10.4. The van der Waals surface area contributed by atoms with E-state index in [1.165, 1.54) is 0 Å². The molecular weight excluding hydrogens is 234 g/mol. The lowest BCUT2D eigenvalue weighted by Gasteiger charge is -2.11. The second kappa shape index (κ2) is 6.78. The molecular formula is C12H19N3O3. The van der Waals surface area contributed by atoms with Gasteiger partial charge in [0.15, 0.2) is 0 Å². The average Bonchev–Trinajstić information content (AvgIpc) is 2.22. The minimum Gasteiger partial charge on any atom is -0.481 e. The van der Waals surface area contributed by atoms with Gasteiger partial charge in [-0.3, -0.25) is 4.79 Å². The Hall–Kier alpha value is -1.85. The number of hydrogen-bond acceptors (Lipinski definition) is 5. The molecule has 0 amide bonds. The molecule has 1 aromatic rings. The number of aromatic nitrogens is 2. The smallest absolute Gasteiger partial charge is 0.303 e. The highest BCUT2D eigenvalue weighted by molar-refractivity contribution is 5.66. The van der Waals surface area contributed by atoms with Gasteiger partial charge in [0.25, 0.3) is 0 Å². The summed E-state index contributed by atoms with van der Waals surface area (Å²) in [6.45, 7) is 6.24. The second-order valence-electron chi connectivity index (χ2n) is 4.26. The lowest BCUT2D eigenvalue weighted by atomic mass is 10.3. The molecule has 0 aliphatic carbocycles. The van der Waals surface area contributed by atoms with Gasteiger partial charge >= 0.3 is 5.97 Å². The summed E-state index contributed by atoms with van der Waals surface area (Å²) < 4.78 is 5.49. The van der Waals surface area contributed by atoms with Crippen LogP contribution in [-0.4, -0.2) is 33.7 Å². The molecule has 0 saturated carbocycles. The lowest BCUT2D eigenvalue weighted by molar-refractivity contribution is -0.137. The summed E-state index contributed by atoms with van der Waals surface area (Å²) in [5, 5.41) is 11.5. The Labute approximate surface area is 106 Å². The third-order valence-electron chi connectivity index (χ3n) is 2.04. The first-order valence-electron chi connectivity index (χ1n) is 5.95. The summed E-state index contributed by atoms with van der Waals surface area (Å²) in [5.41, 5.74) is 0.807. The van der Waals surface area contributed by atoms with Gasteiger partial charge in [-0.1, -0.05) is 0 Å². The Morgan fingerprint density at radius 1 is 1.50 bits per heavy atom. The van der Waals surface area contributed by atoms with Crippen molar-refractivity contribution < 1.29 is 14.6 Å². The van der Waals surface area contributed by atoms with Crippen LogP contribution >= 0.6 is 0 Å². The third kappa shape index (κ3) is 5.47. The largest absolute Gasteiger partial charge is 0.481 e. The first-order chi connectivity index (χ1) is 8.47. The van der Waals surface area contributed by atoms with Crippen LogP contribution in [0.4, 0.5) is 5.95 Å². The van der Waals surface area contributed by atoms with Crippen molar-refractivity contribution in [3.63, 3.8) is 0 Å². The van der Waals surface area contributed by atoms with Crippen LogP contribution in [0.3, 0.4) is 0 Å². The predicted molar refractivity (Wildman–Crippen MR) is 67.9 cm³/mol. The third-order valence-corrected chi connectivity index (χ3v) is 2.04. The van der Waals surface area contributed by atoms with Crippen molar-refractivity contribution >= 4 is 11.9 Å². The van der Waals surface area contributed by atoms with Crippen LogP contribution in [0.25, 0.3) is 0 Å². The van der Waals surface area contributed by atoms with E-state index in [1.54, 1.807) is 6.07 Å². The van der Waals surface area contributed by atoms with Crippen LogP contribution in [0.15, 0.2) is 6.07 Å². The number of hydrogen-bond donors (Lipinski definition) is 2. The molecule has 0 radical (unpaired) electrons. The normalized spacial score (nSPS) is 10.4. The number of nitrogens with zero attached hydrogens (tertiary/aromatic N) is 2. The van der Waals surface area contributed by atoms with Crippen LogP contribution in [0.2, 0.25) is 0 Å². The van der Waals surface area contributed by atoms with Crippen molar-refractivity contribution in [2.24, 2.45) is 0 Å². The number of carbonyl (C=O) groups is 1. The Kier molecular flexibility index (Phi) is 5.35. The fraction of sp³-hybridized carbons (Fsp3) is 0.583. The number of aryl methyl sites for hydroxylation is 1. The van der Waals surface area contributed by atoms with Crippen LogP contribution in [-0.2, 0) is 4.79 Å². The van der Waals surface area contributed by atoms with E-state index in [9.17, 15) is 4.79 Å². The molecule has 6 nitrogen and oxygen atoms in total. The Morgan fingerprint density at radius 2 is 2.22 bits per heavy atom. The topological polar surface area (TPSA) is 84.3 Å². The summed E-state index contributed by atoms with van der Waals surface area (Å²) in [6.07, 6.45) is 0.723. The van der Waals surface area contributed by atoms with Crippen molar-refractivity contribution in [2.45, 2.75) is 39.7 Å². The van der Waals surface area contributed by atoms with E-state index in [1.807, 2.05) is 20.8 Å². The Bertz CT molecular complexity index is 408. The molecule has 1 heterocycles. The van der Waals surface area contributed by atoms with E-state index < -0.39 is 5.97 Å². The van der Waals surface area contributed by atoms with Gasteiger partial charge in [-0.05, 0) is 27.2 Å². The first-order valence-corrected chi connectivity index (χ1v) is 5.95. The number of carboxylic acid groups (broad SMARTS) is 1. The molecule has 0 saturated heterocycles. The monoisotopic (exact) mass is 253 g/mol. The molecule has 0 unspecified atom stereocenters. The molecule has 1 rings (SSSR count). The predicted octanol–water partition coefficient (Wildman–Crippen LogP) is 1.85. The quantitative estimate of drug-likeness (QED) is 0.721. The van der Waals surface area contributed by atoms with E-state index in [0.29, 0.717) is 24.8 Å². The molecule has 100 valence electrons. The first kappa shape index (κ1) is 14.2. The highest BCUT2D eigenvalue weighted by Gasteiger charge is 2.05. The highest BCUT2D eigenvalue weighted by Crippen LogP contribution is 2.13. The van der Waals surface area contributed by atoms with Gasteiger partial charge in [-0.15, -0.1) is 0 Å². The Morgan fingerprint density at radius 3 is 2.83 bits per heavy atom. The standard InChI is InChI=1S/C12H19N3O3/c1-8(2)18-10-7-9(3)14-12(15-10)13-6-4-5-11(16)17/h7-8H,4-6H2,1-3H3,(H,16,17)(H,13,14,15). The summed E-state index contributed by atoms with van der Waals surface area (Å²) in [7, 11) is 0. The van der Waals surface area contributed by atoms with Crippen LogP contribution in [0, 0.1) is 6.92 Å². The van der Waals surface area contributed by atoms with Gasteiger partial charge in [0.1, 0.15) is 0 Å². The molecule has 0 spiro atoms. The summed E-state index contributed by atoms with van der Waals surface area (Å²) in [4.78, 5) is 18.8. The van der Waals surface area contributed by atoms with E-state index in [0.717, 1.165) is 5.69 Å². The van der Waals surface area contributed by atoms with E-state index in [4.69, 9.17) is 9.84 Å². The second-order valence-corrected chi connectivity index (χ2v) is 4.26. The van der Waals surface area contributed by atoms with Gasteiger partial charge < -0.3 is 15.2 Å². The molecule has 2 N–H and O–H groups in total. The van der Waals surface area contributed by atoms with Gasteiger partial charge in [0.2, 0.25) is 11.8 Å². The van der Waals surface area contributed by atoms with E-state index in [2.05, 4.69) is 15.3 Å². The minimum absolute atomic E-state index is 0.0548.